The van der Waals surface area contributed by atoms with Crippen molar-refractivity contribution in [1.82, 2.24) is 4.98 Å². The Balaban J connectivity index is 1.93. The fourth-order valence-corrected chi connectivity index (χ4v) is 3.03. The number of hydrogen-bond acceptors (Lipinski definition) is 3. The summed E-state index contributed by atoms with van der Waals surface area (Å²) in [5, 5.41) is -0.624. The first-order valence-electron chi connectivity index (χ1n) is 9.96. The van der Waals surface area contributed by atoms with Gasteiger partial charge in [0.2, 0.25) is 0 Å². The number of carbonyl (C=O) groups is 1. The van der Waals surface area contributed by atoms with E-state index in [0.29, 0.717) is 5.75 Å². The minimum Gasteiger partial charge on any atom is -0.425 e. The van der Waals surface area contributed by atoms with Gasteiger partial charge in [0, 0.05) is 11.8 Å². The van der Waals surface area contributed by atoms with Gasteiger partial charge in [-0.15, -0.1) is 11.6 Å². The molecule has 0 aliphatic heterocycles. The highest BCUT2D eigenvalue weighted by molar-refractivity contribution is 6.30. The number of hydrogen-bond donors (Lipinski definition) is 0. The molecule has 2 unspecified atom stereocenters. The molecule has 27 heavy (non-hydrogen) atoms. The Bertz CT molecular complexity index is 697. The number of halogens is 1. The van der Waals surface area contributed by atoms with Crippen molar-refractivity contribution in [2.45, 2.75) is 64.7 Å². The number of alkyl halides is 1. The van der Waals surface area contributed by atoms with Gasteiger partial charge >= 0.3 is 5.97 Å². The van der Waals surface area contributed by atoms with E-state index in [1.54, 1.807) is 12.1 Å². The molecule has 0 fully saturated rings. The molecule has 1 aromatic carbocycles. The Morgan fingerprint density at radius 1 is 1.07 bits per heavy atom. The highest BCUT2D eigenvalue weighted by Gasteiger charge is 2.23. The fraction of sp³-hybridized carbons (Fsp3) is 0.478. The molecular formula is C23H30ClNO2. The van der Waals surface area contributed by atoms with Crippen LogP contribution in [0.2, 0.25) is 0 Å². The molecule has 0 amide bonds. The van der Waals surface area contributed by atoms with Crippen molar-refractivity contribution in [3.8, 4) is 17.0 Å². The number of esters is 1. The third-order valence-corrected chi connectivity index (χ3v) is 5.49. The molecule has 0 N–H and O–H groups in total. The normalized spacial score (nSPS) is 13.2. The van der Waals surface area contributed by atoms with Crippen LogP contribution in [0, 0.1) is 5.92 Å². The zero-order valence-electron chi connectivity index (χ0n) is 16.6. The first kappa shape index (κ1) is 21.4. The van der Waals surface area contributed by atoms with Gasteiger partial charge in [0.05, 0.1) is 5.69 Å². The van der Waals surface area contributed by atoms with Crippen molar-refractivity contribution >= 4 is 17.6 Å². The molecule has 0 saturated carbocycles. The summed E-state index contributed by atoms with van der Waals surface area (Å²) >= 11 is 6.14. The van der Waals surface area contributed by atoms with Gasteiger partial charge in [-0.1, -0.05) is 52.5 Å². The zero-order chi connectivity index (χ0) is 19.6. The molecule has 0 radical (unpaired) electrons. The monoisotopic (exact) mass is 387 g/mol. The van der Waals surface area contributed by atoms with Crippen LogP contribution in [0.5, 0.6) is 5.75 Å². The second-order valence-electron chi connectivity index (χ2n) is 7.10. The predicted octanol–water partition coefficient (Wildman–Crippen LogP) is 6.43. The molecular weight excluding hydrogens is 358 g/mol. The van der Waals surface area contributed by atoms with Crippen LogP contribution in [-0.4, -0.2) is 16.3 Å². The van der Waals surface area contributed by atoms with E-state index >= 15 is 0 Å². The fourth-order valence-electron chi connectivity index (χ4n) is 2.80. The highest BCUT2D eigenvalue weighted by Crippen LogP contribution is 2.23. The average Bonchev–Trinajstić information content (AvgIpc) is 2.71. The van der Waals surface area contributed by atoms with Gasteiger partial charge in [0.25, 0.3) is 0 Å². The quantitative estimate of drug-likeness (QED) is 0.204. The van der Waals surface area contributed by atoms with Crippen molar-refractivity contribution in [2.75, 3.05) is 0 Å². The number of nitrogens with zero attached hydrogens (tertiary/aromatic N) is 1. The molecule has 2 atom stereocenters. The van der Waals surface area contributed by atoms with Crippen molar-refractivity contribution in [3.63, 3.8) is 0 Å². The number of ether oxygens (including phenoxy) is 1. The first-order chi connectivity index (χ1) is 13.0. The Morgan fingerprint density at radius 2 is 1.81 bits per heavy atom. The third kappa shape index (κ3) is 6.66. The molecule has 2 aromatic rings. The average molecular weight is 388 g/mol. The molecule has 0 bridgehead atoms. The summed E-state index contributed by atoms with van der Waals surface area (Å²) in [5.74, 6) is 0.192. The van der Waals surface area contributed by atoms with Crippen LogP contribution in [-0.2, 0) is 11.2 Å². The Kier molecular flexibility index (Phi) is 8.80. The van der Waals surface area contributed by atoms with Gasteiger partial charge in [-0.05, 0) is 54.7 Å². The maximum Gasteiger partial charge on any atom is 0.329 e. The van der Waals surface area contributed by atoms with Crippen LogP contribution < -0.4 is 4.74 Å². The highest BCUT2D eigenvalue weighted by atomic mass is 35.5. The predicted molar refractivity (Wildman–Crippen MR) is 112 cm³/mol. The molecule has 2 rings (SSSR count). The van der Waals surface area contributed by atoms with E-state index in [9.17, 15) is 4.79 Å². The van der Waals surface area contributed by atoms with E-state index in [0.717, 1.165) is 24.1 Å². The SMILES string of the molecule is CCCCCCc1ccc(-c2ccc(OC(=O)C(Cl)C(C)CC)cc2)nc1. The van der Waals surface area contributed by atoms with Crippen molar-refractivity contribution in [2.24, 2.45) is 5.92 Å². The summed E-state index contributed by atoms with van der Waals surface area (Å²) in [6.07, 6.45) is 8.92. The van der Waals surface area contributed by atoms with Crippen LogP contribution in [0.25, 0.3) is 11.3 Å². The Hall–Kier alpha value is -1.87. The summed E-state index contributed by atoms with van der Waals surface area (Å²) in [5.41, 5.74) is 3.19. The molecule has 4 heteroatoms. The number of benzene rings is 1. The van der Waals surface area contributed by atoms with Gasteiger partial charge in [-0.2, -0.15) is 0 Å². The lowest BCUT2D eigenvalue weighted by Gasteiger charge is -2.15. The summed E-state index contributed by atoms with van der Waals surface area (Å²) in [4.78, 5) is 16.6. The van der Waals surface area contributed by atoms with Crippen LogP contribution >= 0.6 is 11.6 Å². The minimum absolute atomic E-state index is 0.0862. The molecule has 0 spiro atoms. The molecule has 1 aromatic heterocycles. The molecule has 0 saturated heterocycles. The van der Waals surface area contributed by atoms with E-state index in [2.05, 4.69) is 18.0 Å². The van der Waals surface area contributed by atoms with Crippen molar-refractivity contribution < 1.29 is 9.53 Å². The lowest BCUT2D eigenvalue weighted by molar-refractivity contribution is -0.134. The third-order valence-electron chi connectivity index (χ3n) is 4.88. The van der Waals surface area contributed by atoms with Gasteiger partial charge in [0.15, 0.2) is 0 Å². The molecule has 146 valence electrons. The minimum atomic E-state index is -0.624. The smallest absolute Gasteiger partial charge is 0.329 e. The van der Waals surface area contributed by atoms with Crippen LogP contribution in [0.4, 0.5) is 0 Å². The Labute approximate surface area is 168 Å². The molecule has 0 aliphatic rings. The second-order valence-corrected chi connectivity index (χ2v) is 7.57. The van der Waals surface area contributed by atoms with Crippen LogP contribution in [0.1, 0.15) is 58.4 Å². The molecule has 0 aliphatic carbocycles. The topological polar surface area (TPSA) is 39.2 Å². The number of aryl methyl sites for hydroxylation is 1. The largest absolute Gasteiger partial charge is 0.425 e. The van der Waals surface area contributed by atoms with E-state index in [1.165, 1.54) is 31.2 Å². The summed E-state index contributed by atoms with van der Waals surface area (Å²) < 4.78 is 5.38. The van der Waals surface area contributed by atoms with Gasteiger partial charge < -0.3 is 4.74 Å². The number of unbranched alkanes of at least 4 members (excludes halogenated alkanes) is 3. The summed E-state index contributed by atoms with van der Waals surface area (Å²) in [6, 6.07) is 11.6. The lowest BCUT2D eigenvalue weighted by atomic mass is 10.1. The van der Waals surface area contributed by atoms with E-state index < -0.39 is 11.3 Å². The number of carbonyl (C=O) groups excluding carboxylic acids is 1. The zero-order valence-corrected chi connectivity index (χ0v) is 17.3. The van der Waals surface area contributed by atoms with Crippen LogP contribution in [0.15, 0.2) is 42.6 Å². The molecule has 3 nitrogen and oxygen atoms in total. The van der Waals surface area contributed by atoms with Gasteiger partial charge in [-0.25, -0.2) is 0 Å². The van der Waals surface area contributed by atoms with E-state index in [4.69, 9.17) is 16.3 Å². The maximum atomic E-state index is 12.1. The second kappa shape index (κ2) is 11.1. The van der Waals surface area contributed by atoms with Crippen molar-refractivity contribution in [3.05, 3.63) is 48.2 Å². The first-order valence-corrected chi connectivity index (χ1v) is 10.4. The van der Waals surface area contributed by atoms with E-state index in [-0.39, 0.29) is 5.92 Å². The number of aromatic nitrogens is 1. The lowest BCUT2D eigenvalue weighted by Crippen LogP contribution is -2.26. The van der Waals surface area contributed by atoms with Gasteiger partial charge in [-0.3, -0.25) is 9.78 Å². The number of pyridine rings is 1. The van der Waals surface area contributed by atoms with Gasteiger partial charge in [0.1, 0.15) is 11.1 Å². The summed E-state index contributed by atoms with van der Waals surface area (Å²) in [7, 11) is 0. The van der Waals surface area contributed by atoms with E-state index in [1.807, 2.05) is 38.2 Å². The summed E-state index contributed by atoms with van der Waals surface area (Å²) in [6.45, 7) is 6.18. The maximum absolute atomic E-state index is 12.1. The Morgan fingerprint density at radius 3 is 2.41 bits per heavy atom. The van der Waals surface area contributed by atoms with Crippen molar-refractivity contribution in [1.29, 1.82) is 0 Å². The standard InChI is InChI=1S/C23H30ClNO2/c1-4-6-7-8-9-18-10-15-21(25-16-18)19-11-13-20(14-12-19)27-23(26)22(24)17(3)5-2/h10-17,22H,4-9H2,1-3H3. The molecule has 1 heterocycles. The van der Waals surface area contributed by atoms with Crippen LogP contribution in [0.3, 0.4) is 0 Å². The number of rotatable bonds is 10.